The molecule has 0 fully saturated rings. The summed E-state index contributed by atoms with van der Waals surface area (Å²) in [5, 5.41) is 11.7. The molecule has 1 aromatic carbocycles. The zero-order chi connectivity index (χ0) is 18.4. The Morgan fingerprint density at radius 2 is 1.96 bits per heavy atom. The summed E-state index contributed by atoms with van der Waals surface area (Å²) in [5.41, 5.74) is 0.211. The van der Waals surface area contributed by atoms with E-state index in [1.165, 1.54) is 29.5 Å². The van der Waals surface area contributed by atoms with Crippen molar-refractivity contribution < 1.29 is 19.1 Å². The number of nitrogens with zero attached hydrogens (tertiary/aromatic N) is 2. The Morgan fingerprint density at radius 3 is 2.60 bits per heavy atom. The fraction of sp³-hybridized carbons (Fsp3) is 0.267. The molecule has 0 aliphatic carbocycles. The Morgan fingerprint density at radius 1 is 1.20 bits per heavy atom. The van der Waals surface area contributed by atoms with Gasteiger partial charge in [-0.05, 0) is 25.1 Å². The Balaban J connectivity index is 1.74. The fourth-order valence-corrected chi connectivity index (χ4v) is 2.88. The summed E-state index contributed by atoms with van der Waals surface area (Å²) in [6, 6.07) is 4.40. The van der Waals surface area contributed by atoms with E-state index in [9.17, 15) is 14.4 Å². The van der Waals surface area contributed by atoms with Gasteiger partial charge in [0.2, 0.25) is 16.8 Å². The Labute approximate surface area is 157 Å². The van der Waals surface area contributed by atoms with Crippen LogP contribution in [0.3, 0.4) is 0 Å². The van der Waals surface area contributed by atoms with Gasteiger partial charge in [-0.2, -0.15) is 0 Å². The van der Waals surface area contributed by atoms with Gasteiger partial charge >= 0.3 is 5.97 Å². The van der Waals surface area contributed by atoms with Gasteiger partial charge in [0, 0.05) is 17.0 Å². The number of benzene rings is 1. The van der Waals surface area contributed by atoms with Crippen LogP contribution in [0.4, 0.5) is 5.13 Å². The molecule has 10 heteroatoms. The number of nitrogens with one attached hydrogen (secondary N) is 1. The molecule has 1 N–H and O–H groups in total. The number of esters is 1. The van der Waals surface area contributed by atoms with Gasteiger partial charge in [-0.1, -0.05) is 34.5 Å². The highest BCUT2D eigenvalue weighted by atomic mass is 35.5. The molecule has 2 rings (SSSR count). The summed E-state index contributed by atoms with van der Waals surface area (Å²) < 4.78 is 4.86. The molecular weight excluding hydrogens is 389 g/mol. The average molecular weight is 402 g/mol. The van der Waals surface area contributed by atoms with Crippen LogP contribution in [0.15, 0.2) is 18.2 Å². The quantitative estimate of drug-likeness (QED) is 0.564. The first kappa shape index (κ1) is 19.3. The van der Waals surface area contributed by atoms with Gasteiger partial charge in [0.05, 0.1) is 11.4 Å². The van der Waals surface area contributed by atoms with E-state index in [1.807, 2.05) is 0 Å². The van der Waals surface area contributed by atoms with Gasteiger partial charge in [-0.25, -0.2) is 0 Å². The van der Waals surface area contributed by atoms with Crippen LogP contribution >= 0.6 is 34.5 Å². The standard InChI is InChI=1S/C15H13Cl2N3O4S/c1-8-19-20-15(25-8)18-13(22)4-5-14(23)24-7-12(21)10-3-2-9(16)6-11(10)17/h2-3,6H,4-5,7H2,1H3,(H,18,20,22). The van der Waals surface area contributed by atoms with E-state index in [-0.39, 0.29) is 29.3 Å². The molecule has 132 valence electrons. The van der Waals surface area contributed by atoms with E-state index >= 15 is 0 Å². The highest BCUT2D eigenvalue weighted by molar-refractivity contribution is 7.15. The van der Waals surface area contributed by atoms with Crippen molar-refractivity contribution in [3.63, 3.8) is 0 Å². The maximum absolute atomic E-state index is 12.0. The van der Waals surface area contributed by atoms with Gasteiger partial charge in [-0.15, -0.1) is 10.2 Å². The number of Topliss-reactive ketones (excluding diaryl/α,β-unsaturated/α-hetero) is 1. The fourth-order valence-electron chi connectivity index (χ4n) is 1.76. The normalized spacial score (nSPS) is 10.4. The van der Waals surface area contributed by atoms with E-state index in [1.54, 1.807) is 6.92 Å². The molecule has 0 unspecified atom stereocenters. The van der Waals surface area contributed by atoms with E-state index in [4.69, 9.17) is 27.9 Å². The summed E-state index contributed by atoms with van der Waals surface area (Å²) >= 11 is 12.9. The molecule has 0 saturated carbocycles. The monoisotopic (exact) mass is 401 g/mol. The lowest BCUT2D eigenvalue weighted by molar-refractivity contribution is -0.143. The second-order valence-electron chi connectivity index (χ2n) is 4.88. The van der Waals surface area contributed by atoms with Crippen LogP contribution in [0.25, 0.3) is 0 Å². The number of rotatable bonds is 7. The predicted molar refractivity (Wildman–Crippen MR) is 94.3 cm³/mol. The molecule has 25 heavy (non-hydrogen) atoms. The zero-order valence-corrected chi connectivity index (χ0v) is 15.4. The lowest BCUT2D eigenvalue weighted by Crippen LogP contribution is -2.17. The third-order valence-corrected chi connectivity index (χ3v) is 4.23. The van der Waals surface area contributed by atoms with Crippen molar-refractivity contribution in [2.45, 2.75) is 19.8 Å². The van der Waals surface area contributed by atoms with Crippen LogP contribution in [0, 0.1) is 6.92 Å². The predicted octanol–water partition coefficient (Wildman–Crippen LogP) is 3.30. The number of anilines is 1. The van der Waals surface area contributed by atoms with Crippen LogP contribution in [0.1, 0.15) is 28.2 Å². The van der Waals surface area contributed by atoms with Crippen molar-refractivity contribution in [3.05, 3.63) is 38.8 Å². The van der Waals surface area contributed by atoms with Gasteiger partial charge in [0.15, 0.2) is 6.61 Å². The lowest BCUT2D eigenvalue weighted by atomic mass is 10.1. The molecule has 1 aromatic heterocycles. The first-order valence-electron chi connectivity index (χ1n) is 7.09. The Bertz CT molecular complexity index is 810. The summed E-state index contributed by atoms with van der Waals surface area (Å²) in [5.74, 6) is -1.51. The van der Waals surface area contributed by atoms with Crippen molar-refractivity contribution >= 4 is 57.3 Å². The number of carbonyl (C=O) groups excluding carboxylic acids is 3. The van der Waals surface area contributed by atoms with Crippen molar-refractivity contribution in [3.8, 4) is 0 Å². The smallest absolute Gasteiger partial charge is 0.306 e. The van der Waals surface area contributed by atoms with Crippen LogP contribution in [0.2, 0.25) is 10.0 Å². The van der Waals surface area contributed by atoms with E-state index < -0.39 is 18.4 Å². The highest BCUT2D eigenvalue weighted by Gasteiger charge is 2.15. The number of halogens is 2. The van der Waals surface area contributed by atoms with Crippen LogP contribution in [0.5, 0.6) is 0 Å². The van der Waals surface area contributed by atoms with Gasteiger partial charge in [-0.3, -0.25) is 14.4 Å². The lowest BCUT2D eigenvalue weighted by Gasteiger charge is -2.06. The van der Waals surface area contributed by atoms with Gasteiger partial charge in [0.25, 0.3) is 0 Å². The molecule has 0 saturated heterocycles. The molecule has 0 spiro atoms. The number of hydrogen-bond acceptors (Lipinski definition) is 7. The van der Waals surface area contributed by atoms with Crippen molar-refractivity contribution in [1.29, 1.82) is 0 Å². The Hall–Kier alpha value is -2.03. The molecule has 1 heterocycles. The largest absolute Gasteiger partial charge is 0.457 e. The second-order valence-corrected chi connectivity index (χ2v) is 6.91. The van der Waals surface area contributed by atoms with E-state index in [0.29, 0.717) is 15.2 Å². The summed E-state index contributed by atoms with van der Waals surface area (Å²) in [6.45, 7) is 1.30. The van der Waals surface area contributed by atoms with Crippen molar-refractivity contribution in [2.24, 2.45) is 0 Å². The minimum Gasteiger partial charge on any atom is -0.457 e. The Kier molecular flexibility index (Phi) is 6.86. The third kappa shape index (κ3) is 6.08. The first-order valence-corrected chi connectivity index (χ1v) is 8.66. The first-order chi connectivity index (χ1) is 11.8. The molecule has 7 nitrogen and oxygen atoms in total. The van der Waals surface area contributed by atoms with E-state index in [2.05, 4.69) is 15.5 Å². The summed E-state index contributed by atoms with van der Waals surface area (Å²) in [4.78, 5) is 35.3. The summed E-state index contributed by atoms with van der Waals surface area (Å²) in [6.07, 6.45) is -0.251. The molecular formula is C15H13Cl2N3O4S. The van der Waals surface area contributed by atoms with Crippen molar-refractivity contribution in [1.82, 2.24) is 10.2 Å². The van der Waals surface area contributed by atoms with Crippen LogP contribution in [-0.2, 0) is 14.3 Å². The number of amides is 1. The summed E-state index contributed by atoms with van der Waals surface area (Å²) in [7, 11) is 0. The number of ether oxygens (including phenoxy) is 1. The SMILES string of the molecule is Cc1nnc(NC(=O)CCC(=O)OCC(=O)c2ccc(Cl)cc2Cl)s1. The molecule has 0 aliphatic heterocycles. The number of ketones is 1. The maximum Gasteiger partial charge on any atom is 0.306 e. The van der Waals surface area contributed by atoms with Crippen LogP contribution in [-0.4, -0.2) is 34.5 Å². The zero-order valence-electron chi connectivity index (χ0n) is 13.0. The van der Waals surface area contributed by atoms with Gasteiger partial charge < -0.3 is 10.1 Å². The average Bonchev–Trinajstić information content (AvgIpc) is 2.95. The second kappa shape index (κ2) is 8.89. The molecule has 0 atom stereocenters. The van der Waals surface area contributed by atoms with E-state index in [0.717, 1.165) is 0 Å². The third-order valence-electron chi connectivity index (χ3n) is 2.92. The minimum absolute atomic E-state index is 0.0899. The number of aryl methyl sites for hydroxylation is 1. The molecule has 0 aliphatic rings. The molecule has 0 bridgehead atoms. The number of carbonyl (C=O) groups is 3. The van der Waals surface area contributed by atoms with Gasteiger partial charge in [0.1, 0.15) is 5.01 Å². The van der Waals surface area contributed by atoms with Crippen LogP contribution < -0.4 is 5.32 Å². The molecule has 2 aromatic rings. The minimum atomic E-state index is -0.665. The highest BCUT2D eigenvalue weighted by Crippen LogP contribution is 2.21. The van der Waals surface area contributed by atoms with Crippen molar-refractivity contribution in [2.75, 3.05) is 11.9 Å². The number of hydrogen-bond donors (Lipinski definition) is 1. The molecule has 0 radical (unpaired) electrons. The number of aromatic nitrogens is 2. The maximum atomic E-state index is 12.0. The molecule has 1 amide bonds. The topological polar surface area (TPSA) is 98.2 Å².